The third-order valence-electron chi connectivity index (χ3n) is 5.69. The number of H-pyrrole nitrogens is 1. The summed E-state index contributed by atoms with van der Waals surface area (Å²) in [7, 11) is 3.62. The third kappa shape index (κ3) is 3.03. The fraction of sp³-hybridized carbons (Fsp3) is 0.227. The van der Waals surface area contributed by atoms with Crippen molar-refractivity contribution in [1.29, 1.82) is 0 Å². The number of fused-ring (bicyclic) bond motifs is 1. The molecule has 0 spiro atoms. The van der Waals surface area contributed by atoms with Crippen molar-refractivity contribution < 1.29 is 13.9 Å². The number of nitrogens with zero attached hydrogens (tertiary/aromatic N) is 7. The summed E-state index contributed by atoms with van der Waals surface area (Å²) in [6, 6.07) is 7.62. The van der Waals surface area contributed by atoms with Gasteiger partial charge in [-0.05, 0) is 30.7 Å². The maximum Gasteiger partial charge on any atom is 0.303 e. The SMILES string of the molecule is CCC1C(=O)N(C)c2cnc(-n3ccnc3-c3ccc(F)cc3)nc2N1c1cc[nH][n+]1C. The lowest BCUT2D eigenvalue weighted by molar-refractivity contribution is -0.714. The molecule has 0 aliphatic carbocycles. The maximum absolute atomic E-state index is 13.4. The molecule has 1 unspecified atom stereocenters. The average molecular weight is 433 g/mol. The highest BCUT2D eigenvalue weighted by molar-refractivity contribution is 6.05. The van der Waals surface area contributed by atoms with E-state index >= 15 is 0 Å². The van der Waals surface area contributed by atoms with Crippen LogP contribution in [-0.2, 0) is 11.8 Å². The molecule has 162 valence electrons. The molecule has 1 atom stereocenters. The zero-order valence-electron chi connectivity index (χ0n) is 17.9. The van der Waals surface area contributed by atoms with Gasteiger partial charge >= 0.3 is 5.82 Å². The number of amides is 1. The highest BCUT2D eigenvalue weighted by atomic mass is 19.1. The third-order valence-corrected chi connectivity index (χ3v) is 5.69. The van der Waals surface area contributed by atoms with Crippen LogP contribution in [0.1, 0.15) is 13.3 Å². The summed E-state index contributed by atoms with van der Waals surface area (Å²) in [6.07, 6.45) is 7.48. The zero-order chi connectivity index (χ0) is 22.4. The van der Waals surface area contributed by atoms with Gasteiger partial charge in [0.15, 0.2) is 6.04 Å². The number of likely N-dealkylation sites (N-methyl/N-ethyl adjacent to an activating group) is 1. The maximum atomic E-state index is 13.4. The fourth-order valence-electron chi connectivity index (χ4n) is 4.03. The molecule has 4 aromatic rings. The Morgan fingerprint density at radius 2 is 1.97 bits per heavy atom. The number of carbonyl (C=O) groups excluding carboxylic acids is 1. The van der Waals surface area contributed by atoms with Gasteiger partial charge in [0.2, 0.25) is 5.95 Å². The summed E-state index contributed by atoms with van der Waals surface area (Å²) >= 11 is 0. The number of carbonyl (C=O) groups is 1. The number of hydrogen-bond acceptors (Lipinski definition) is 5. The molecule has 0 saturated carbocycles. The molecular formula is C22H22FN8O+. The Hall–Kier alpha value is -4.08. The number of aromatic amines is 1. The fourth-order valence-corrected chi connectivity index (χ4v) is 4.03. The van der Waals surface area contributed by atoms with Gasteiger partial charge in [-0.3, -0.25) is 9.36 Å². The first-order valence-corrected chi connectivity index (χ1v) is 10.3. The first kappa shape index (κ1) is 19.9. The van der Waals surface area contributed by atoms with E-state index in [0.717, 1.165) is 11.4 Å². The lowest BCUT2D eigenvalue weighted by atomic mass is 10.1. The van der Waals surface area contributed by atoms with Crippen LogP contribution in [0.2, 0.25) is 0 Å². The number of halogens is 1. The van der Waals surface area contributed by atoms with E-state index in [1.807, 2.05) is 35.8 Å². The second-order valence-electron chi connectivity index (χ2n) is 7.58. The van der Waals surface area contributed by atoms with Crippen LogP contribution in [0.15, 0.2) is 55.1 Å². The van der Waals surface area contributed by atoms with Gasteiger partial charge in [-0.15, -0.1) is 0 Å². The predicted octanol–water partition coefficient (Wildman–Crippen LogP) is 2.51. The highest BCUT2D eigenvalue weighted by Crippen LogP contribution is 2.38. The molecule has 4 heterocycles. The molecule has 0 radical (unpaired) electrons. The first-order valence-electron chi connectivity index (χ1n) is 10.3. The highest BCUT2D eigenvalue weighted by Gasteiger charge is 2.45. The summed E-state index contributed by atoms with van der Waals surface area (Å²) in [6.45, 7) is 1.98. The van der Waals surface area contributed by atoms with E-state index in [-0.39, 0.29) is 11.7 Å². The van der Waals surface area contributed by atoms with Gasteiger partial charge < -0.3 is 4.90 Å². The Balaban J connectivity index is 1.67. The van der Waals surface area contributed by atoms with Gasteiger partial charge in [0.25, 0.3) is 11.7 Å². The minimum Gasteiger partial charge on any atom is -0.305 e. The van der Waals surface area contributed by atoms with E-state index in [2.05, 4.69) is 15.1 Å². The van der Waals surface area contributed by atoms with Crippen LogP contribution >= 0.6 is 0 Å². The normalized spacial score (nSPS) is 15.9. The molecule has 0 bridgehead atoms. The molecule has 1 amide bonds. The summed E-state index contributed by atoms with van der Waals surface area (Å²) in [5.74, 6) is 2.10. The van der Waals surface area contributed by atoms with Crippen LogP contribution in [0.5, 0.6) is 0 Å². The summed E-state index contributed by atoms with van der Waals surface area (Å²) < 4.78 is 17.0. The molecule has 1 aliphatic rings. The number of aryl methyl sites for hydroxylation is 1. The number of benzene rings is 1. The molecule has 1 aliphatic heterocycles. The van der Waals surface area contributed by atoms with Gasteiger partial charge in [0.05, 0.1) is 6.20 Å². The first-order chi connectivity index (χ1) is 15.5. The molecule has 1 aromatic carbocycles. The summed E-state index contributed by atoms with van der Waals surface area (Å²) in [5, 5.41) is 3.11. The Bertz CT molecular complexity index is 1300. The van der Waals surface area contributed by atoms with Crippen molar-refractivity contribution in [3.63, 3.8) is 0 Å². The molecule has 32 heavy (non-hydrogen) atoms. The number of nitrogens with one attached hydrogen (secondary N) is 1. The van der Waals surface area contributed by atoms with Crippen LogP contribution in [0.3, 0.4) is 0 Å². The van der Waals surface area contributed by atoms with Crippen molar-refractivity contribution in [1.82, 2.24) is 24.6 Å². The van der Waals surface area contributed by atoms with Crippen LogP contribution in [0, 0.1) is 5.82 Å². The summed E-state index contributed by atoms with van der Waals surface area (Å²) in [5.41, 5.74) is 1.36. The van der Waals surface area contributed by atoms with E-state index in [4.69, 9.17) is 4.98 Å². The Kier molecular flexibility index (Phi) is 4.69. The largest absolute Gasteiger partial charge is 0.305 e. The molecule has 10 heteroatoms. The van der Waals surface area contributed by atoms with Crippen LogP contribution in [0.25, 0.3) is 17.3 Å². The lowest BCUT2D eigenvalue weighted by Gasteiger charge is -2.34. The molecule has 0 saturated heterocycles. The van der Waals surface area contributed by atoms with Crippen molar-refractivity contribution in [2.45, 2.75) is 19.4 Å². The van der Waals surface area contributed by atoms with Crippen molar-refractivity contribution in [3.05, 3.63) is 60.9 Å². The van der Waals surface area contributed by atoms with Crippen molar-refractivity contribution >= 4 is 23.2 Å². The molecular weight excluding hydrogens is 411 g/mol. The zero-order valence-corrected chi connectivity index (χ0v) is 17.9. The Morgan fingerprint density at radius 1 is 1.19 bits per heavy atom. The number of aromatic nitrogens is 6. The van der Waals surface area contributed by atoms with E-state index in [0.29, 0.717) is 29.7 Å². The van der Waals surface area contributed by atoms with Gasteiger partial charge in [-0.1, -0.05) is 6.92 Å². The van der Waals surface area contributed by atoms with E-state index in [9.17, 15) is 9.18 Å². The summed E-state index contributed by atoms with van der Waals surface area (Å²) in [4.78, 5) is 30.4. The number of imidazole rings is 1. The monoisotopic (exact) mass is 433 g/mol. The second kappa shape index (κ2) is 7.56. The number of rotatable bonds is 4. The van der Waals surface area contributed by atoms with Gasteiger partial charge in [0.1, 0.15) is 24.4 Å². The predicted molar refractivity (Wildman–Crippen MR) is 116 cm³/mol. The number of anilines is 3. The molecule has 1 N–H and O–H groups in total. The van der Waals surface area contributed by atoms with E-state index < -0.39 is 6.04 Å². The minimum absolute atomic E-state index is 0.0211. The van der Waals surface area contributed by atoms with Crippen molar-refractivity contribution in [2.75, 3.05) is 16.8 Å². The van der Waals surface area contributed by atoms with Crippen molar-refractivity contribution in [2.24, 2.45) is 7.05 Å². The van der Waals surface area contributed by atoms with Crippen LogP contribution in [-0.4, -0.2) is 43.6 Å². The van der Waals surface area contributed by atoms with Gasteiger partial charge in [-0.25, -0.2) is 19.5 Å². The van der Waals surface area contributed by atoms with E-state index in [1.54, 1.807) is 47.2 Å². The molecule has 0 fully saturated rings. The topological polar surface area (TPSA) is 86.8 Å². The Labute approximate surface area is 183 Å². The molecule has 5 rings (SSSR count). The van der Waals surface area contributed by atoms with Crippen molar-refractivity contribution in [3.8, 4) is 17.3 Å². The van der Waals surface area contributed by atoms with Crippen LogP contribution < -0.4 is 14.5 Å². The molecule has 3 aromatic heterocycles. The minimum atomic E-state index is -0.406. The Morgan fingerprint density at radius 3 is 2.66 bits per heavy atom. The second-order valence-corrected chi connectivity index (χ2v) is 7.58. The van der Waals surface area contributed by atoms with Crippen LogP contribution in [0.4, 0.5) is 21.7 Å². The van der Waals surface area contributed by atoms with Gasteiger partial charge in [0, 0.05) is 37.3 Å². The quantitative estimate of drug-likeness (QED) is 0.500. The number of hydrogen-bond donors (Lipinski definition) is 1. The smallest absolute Gasteiger partial charge is 0.303 e. The van der Waals surface area contributed by atoms with Gasteiger partial charge in [-0.2, -0.15) is 14.6 Å². The molecule has 9 nitrogen and oxygen atoms in total. The standard InChI is InChI=1S/C22H21FN8O/c1-4-16-21(32)28(2)17-13-25-22(27-20(17)31(16)18-9-10-26-29(18)3)30-12-11-24-19(30)14-5-7-15(23)8-6-14/h5-13,16H,4H2,1-3H3/p+1. The average Bonchev–Trinajstić information content (AvgIpc) is 3.45. The lowest BCUT2D eigenvalue weighted by Crippen LogP contribution is -2.53. The van der Waals surface area contributed by atoms with E-state index in [1.165, 1.54) is 12.1 Å².